The Labute approximate surface area is 205 Å². The molecule has 3 rings (SSSR count). The number of alkyl halides is 3. The van der Waals surface area contributed by atoms with Crippen molar-refractivity contribution in [3.63, 3.8) is 0 Å². The predicted molar refractivity (Wildman–Crippen MR) is 129 cm³/mol. The van der Waals surface area contributed by atoms with Gasteiger partial charge in [0.15, 0.2) is 0 Å². The van der Waals surface area contributed by atoms with Crippen molar-refractivity contribution in [1.29, 1.82) is 0 Å². The number of amides is 2. The van der Waals surface area contributed by atoms with E-state index in [0.29, 0.717) is 22.4 Å². The minimum absolute atomic E-state index is 0.355. The van der Waals surface area contributed by atoms with Crippen molar-refractivity contribution in [1.82, 2.24) is 15.7 Å². The highest BCUT2D eigenvalue weighted by molar-refractivity contribution is 6.68. The van der Waals surface area contributed by atoms with E-state index in [4.69, 9.17) is 39.5 Å². The number of ether oxygens (including phenoxy) is 1. The Bertz CT molecular complexity index is 1120. The number of aromatic nitrogens is 1. The van der Waals surface area contributed by atoms with Crippen LogP contribution in [0.25, 0.3) is 0 Å². The van der Waals surface area contributed by atoms with Crippen molar-refractivity contribution in [3.8, 4) is 5.75 Å². The Morgan fingerprint density at radius 1 is 0.939 bits per heavy atom. The molecular formula is C23H19Cl3N4O3. The number of hydrogen-bond acceptors (Lipinski definition) is 5. The average molecular weight is 506 g/mol. The van der Waals surface area contributed by atoms with Gasteiger partial charge in [0.2, 0.25) is 10.0 Å². The number of benzene rings is 2. The zero-order valence-corrected chi connectivity index (χ0v) is 19.6. The first-order valence-corrected chi connectivity index (χ1v) is 10.8. The van der Waals surface area contributed by atoms with E-state index >= 15 is 0 Å². The van der Waals surface area contributed by atoms with Crippen LogP contribution in [0.15, 0.2) is 78.2 Å². The van der Waals surface area contributed by atoms with E-state index in [9.17, 15) is 9.59 Å². The largest absolute Gasteiger partial charge is 0.466 e. The number of pyridine rings is 1. The molecule has 0 fully saturated rings. The number of aryl methyl sites for hydroxylation is 1. The van der Waals surface area contributed by atoms with Gasteiger partial charge >= 0.3 is 0 Å². The molecule has 0 aliphatic carbocycles. The molecule has 2 amide bonds. The zero-order valence-electron chi connectivity index (χ0n) is 17.3. The molecule has 1 aromatic heterocycles. The number of carbonyl (C=O) groups is 2. The van der Waals surface area contributed by atoms with Crippen molar-refractivity contribution < 1.29 is 14.3 Å². The number of nitrogens with zero attached hydrogens (tertiary/aromatic N) is 2. The van der Waals surface area contributed by atoms with Gasteiger partial charge in [0, 0.05) is 23.5 Å². The summed E-state index contributed by atoms with van der Waals surface area (Å²) in [6, 6.07) is 16.7. The Morgan fingerprint density at radius 2 is 1.55 bits per heavy atom. The van der Waals surface area contributed by atoms with E-state index in [1.54, 1.807) is 60.7 Å². The molecule has 0 radical (unpaired) electrons. The minimum atomic E-state index is -1.92. The molecule has 170 valence electrons. The SMILES string of the molecule is Cc1ccc(C(=O)N[C@H](Oc2ccc(/C=N\NC(=O)c3ccncc3)cc2)C(Cl)(Cl)Cl)cc1. The maximum absolute atomic E-state index is 12.5. The van der Waals surface area contributed by atoms with E-state index in [1.165, 1.54) is 18.6 Å². The molecule has 33 heavy (non-hydrogen) atoms. The number of rotatable bonds is 7. The summed E-state index contributed by atoms with van der Waals surface area (Å²) in [7, 11) is 0. The summed E-state index contributed by atoms with van der Waals surface area (Å²) in [5.41, 5.74) is 4.98. The second kappa shape index (κ2) is 11.1. The van der Waals surface area contributed by atoms with Gasteiger partial charge in [-0.15, -0.1) is 0 Å². The molecule has 0 aliphatic heterocycles. The Hall–Kier alpha value is -3.13. The first-order valence-electron chi connectivity index (χ1n) is 9.67. The monoisotopic (exact) mass is 504 g/mol. The molecule has 0 unspecified atom stereocenters. The second-order valence-electron chi connectivity index (χ2n) is 6.88. The maximum atomic E-state index is 12.5. The highest BCUT2D eigenvalue weighted by Gasteiger charge is 2.36. The molecule has 0 spiro atoms. The van der Waals surface area contributed by atoms with Crippen LogP contribution in [0.1, 0.15) is 31.8 Å². The number of halogens is 3. The summed E-state index contributed by atoms with van der Waals surface area (Å²) >= 11 is 18.0. The van der Waals surface area contributed by atoms with Crippen LogP contribution in [-0.4, -0.2) is 33.0 Å². The highest BCUT2D eigenvalue weighted by atomic mass is 35.6. The van der Waals surface area contributed by atoms with E-state index in [2.05, 4.69) is 20.8 Å². The number of hydrazone groups is 1. The molecule has 2 aromatic carbocycles. The smallest absolute Gasteiger partial charge is 0.271 e. The summed E-state index contributed by atoms with van der Waals surface area (Å²) in [5.74, 6) is -0.447. The van der Waals surface area contributed by atoms with Crippen molar-refractivity contribution in [2.75, 3.05) is 0 Å². The van der Waals surface area contributed by atoms with Gasteiger partial charge in [-0.25, -0.2) is 5.43 Å². The molecule has 7 nitrogen and oxygen atoms in total. The Kier molecular flexibility index (Phi) is 8.27. The molecule has 1 heterocycles. The lowest BCUT2D eigenvalue weighted by Crippen LogP contribution is -2.47. The van der Waals surface area contributed by atoms with Gasteiger partial charge in [-0.1, -0.05) is 52.5 Å². The van der Waals surface area contributed by atoms with Crippen molar-refractivity contribution in [3.05, 3.63) is 95.3 Å². The number of hydrogen-bond donors (Lipinski definition) is 2. The van der Waals surface area contributed by atoms with Crippen LogP contribution in [0.2, 0.25) is 0 Å². The Morgan fingerprint density at radius 3 is 2.15 bits per heavy atom. The van der Waals surface area contributed by atoms with Crippen molar-refractivity contribution in [2.45, 2.75) is 16.9 Å². The topological polar surface area (TPSA) is 92.7 Å². The van der Waals surface area contributed by atoms with Crippen LogP contribution in [0.5, 0.6) is 5.75 Å². The minimum Gasteiger partial charge on any atom is -0.466 e. The zero-order chi connectivity index (χ0) is 23.8. The van der Waals surface area contributed by atoms with Gasteiger partial charge in [0.25, 0.3) is 11.8 Å². The van der Waals surface area contributed by atoms with Gasteiger partial charge in [-0.2, -0.15) is 5.10 Å². The first-order chi connectivity index (χ1) is 15.7. The molecule has 1 atom stereocenters. The fraction of sp³-hybridized carbons (Fsp3) is 0.130. The molecule has 0 bridgehead atoms. The summed E-state index contributed by atoms with van der Waals surface area (Å²) in [4.78, 5) is 28.3. The van der Waals surface area contributed by atoms with Crippen LogP contribution in [-0.2, 0) is 0 Å². The third-order valence-electron chi connectivity index (χ3n) is 4.33. The number of carbonyl (C=O) groups excluding carboxylic acids is 2. The van der Waals surface area contributed by atoms with Crippen LogP contribution in [0, 0.1) is 6.92 Å². The van der Waals surface area contributed by atoms with Crippen LogP contribution in [0.3, 0.4) is 0 Å². The first kappa shape index (κ1) is 24.5. The van der Waals surface area contributed by atoms with Gasteiger partial charge in [0.1, 0.15) is 5.75 Å². The van der Waals surface area contributed by atoms with E-state index in [-0.39, 0.29) is 5.91 Å². The van der Waals surface area contributed by atoms with E-state index in [1.807, 2.05) is 6.92 Å². The quantitative estimate of drug-likeness (QED) is 0.211. The fourth-order valence-electron chi connectivity index (χ4n) is 2.59. The molecular weight excluding hydrogens is 487 g/mol. The lowest BCUT2D eigenvalue weighted by Gasteiger charge is -2.26. The highest BCUT2D eigenvalue weighted by Crippen LogP contribution is 2.32. The third kappa shape index (κ3) is 7.46. The van der Waals surface area contributed by atoms with Crippen LogP contribution >= 0.6 is 34.8 Å². The normalized spacial score (nSPS) is 12.2. The molecule has 3 aromatic rings. The molecule has 2 N–H and O–H groups in total. The van der Waals surface area contributed by atoms with E-state index < -0.39 is 15.9 Å². The Balaban J connectivity index is 1.61. The molecule has 0 aliphatic rings. The van der Waals surface area contributed by atoms with Crippen molar-refractivity contribution in [2.24, 2.45) is 5.10 Å². The maximum Gasteiger partial charge on any atom is 0.271 e. The lowest BCUT2D eigenvalue weighted by atomic mass is 10.1. The standard InChI is InChI=1S/C23H19Cl3N4O3/c1-15-2-6-17(7-3-15)20(31)29-22(23(24,25)26)33-19-8-4-16(5-9-19)14-28-30-21(32)18-10-12-27-13-11-18/h2-14,22H,1H3,(H,29,31)(H,30,32)/b28-14-/t22-/m1/s1. The van der Waals surface area contributed by atoms with Gasteiger partial charge in [-0.3, -0.25) is 14.6 Å². The summed E-state index contributed by atoms with van der Waals surface area (Å²) in [5, 5.41) is 6.50. The van der Waals surface area contributed by atoms with Gasteiger partial charge < -0.3 is 10.1 Å². The van der Waals surface area contributed by atoms with Crippen molar-refractivity contribution >= 4 is 52.8 Å². The molecule has 0 saturated heterocycles. The third-order valence-corrected chi connectivity index (χ3v) is 4.92. The summed E-state index contributed by atoms with van der Waals surface area (Å²) in [6.07, 6.45) is 3.26. The number of nitrogens with one attached hydrogen (secondary N) is 2. The predicted octanol–water partition coefficient (Wildman–Crippen LogP) is 4.66. The van der Waals surface area contributed by atoms with E-state index in [0.717, 1.165) is 5.56 Å². The lowest BCUT2D eigenvalue weighted by molar-refractivity contribution is 0.0832. The fourth-order valence-corrected chi connectivity index (χ4v) is 2.88. The average Bonchev–Trinajstić information content (AvgIpc) is 2.80. The second-order valence-corrected chi connectivity index (χ2v) is 9.25. The summed E-state index contributed by atoms with van der Waals surface area (Å²) in [6.45, 7) is 1.91. The molecule has 0 saturated carbocycles. The van der Waals surface area contributed by atoms with Crippen LogP contribution in [0.4, 0.5) is 0 Å². The van der Waals surface area contributed by atoms with Gasteiger partial charge in [0.05, 0.1) is 6.21 Å². The van der Waals surface area contributed by atoms with Crippen LogP contribution < -0.4 is 15.5 Å². The van der Waals surface area contributed by atoms with Gasteiger partial charge in [-0.05, 0) is 61.0 Å². The molecule has 10 heteroatoms. The summed E-state index contributed by atoms with van der Waals surface area (Å²) < 4.78 is 3.78.